The van der Waals surface area contributed by atoms with Gasteiger partial charge in [-0.05, 0) is 6.10 Å². The van der Waals surface area contributed by atoms with Gasteiger partial charge in [0, 0.05) is 0 Å². The summed E-state index contributed by atoms with van der Waals surface area (Å²) in [5.41, 5.74) is -0.245. The summed E-state index contributed by atoms with van der Waals surface area (Å²) in [7, 11) is 0. The van der Waals surface area contributed by atoms with Crippen LogP contribution in [0.4, 0.5) is 13.2 Å². The minimum Gasteiger partial charge on any atom is -0.842 e. The van der Waals surface area contributed by atoms with E-state index in [4.69, 9.17) is 0 Å². The molecular formula is C8H6F3O-. The summed E-state index contributed by atoms with van der Waals surface area (Å²) >= 11 is 0. The minimum atomic E-state index is -4.69. The molecule has 1 nitrogen and oxygen atoms in total. The van der Waals surface area contributed by atoms with Crippen LogP contribution in [0, 0.1) is 0 Å². The van der Waals surface area contributed by atoms with E-state index in [1.165, 1.54) is 24.3 Å². The summed E-state index contributed by atoms with van der Waals surface area (Å²) in [6.07, 6.45) is -7.32. The Morgan fingerprint density at radius 1 is 1.08 bits per heavy atom. The second kappa shape index (κ2) is 3.15. The molecule has 1 atom stereocenters. The number of benzene rings is 1. The Morgan fingerprint density at radius 2 is 1.58 bits per heavy atom. The highest BCUT2D eigenvalue weighted by atomic mass is 19.4. The average molecular weight is 175 g/mol. The summed E-state index contributed by atoms with van der Waals surface area (Å²) in [6.45, 7) is 0. The van der Waals surface area contributed by atoms with Crippen molar-refractivity contribution in [2.45, 2.75) is 12.3 Å². The van der Waals surface area contributed by atoms with E-state index < -0.39 is 12.3 Å². The zero-order valence-electron chi connectivity index (χ0n) is 6.01. The van der Waals surface area contributed by atoms with Gasteiger partial charge in [0.15, 0.2) is 0 Å². The molecule has 0 fully saturated rings. The van der Waals surface area contributed by atoms with Gasteiger partial charge in [0.25, 0.3) is 0 Å². The molecule has 0 aliphatic heterocycles. The lowest BCUT2D eigenvalue weighted by molar-refractivity contribution is -0.488. The lowest BCUT2D eigenvalue weighted by Gasteiger charge is -2.25. The molecule has 0 aliphatic rings. The van der Waals surface area contributed by atoms with Crippen molar-refractivity contribution in [1.29, 1.82) is 0 Å². The smallest absolute Gasteiger partial charge is 0.381 e. The average Bonchev–Trinajstić information content (AvgIpc) is 2.03. The van der Waals surface area contributed by atoms with Crippen molar-refractivity contribution in [2.75, 3.05) is 0 Å². The first kappa shape index (κ1) is 9.06. The van der Waals surface area contributed by atoms with Gasteiger partial charge in [-0.25, -0.2) is 0 Å². The lowest BCUT2D eigenvalue weighted by atomic mass is 10.1. The summed E-state index contributed by atoms with van der Waals surface area (Å²) in [6, 6.07) is 6.72. The van der Waals surface area contributed by atoms with Crippen molar-refractivity contribution >= 4 is 0 Å². The van der Waals surface area contributed by atoms with E-state index in [1.54, 1.807) is 6.07 Å². The van der Waals surface area contributed by atoms with E-state index in [0.717, 1.165) is 0 Å². The third kappa shape index (κ3) is 1.98. The van der Waals surface area contributed by atoms with Gasteiger partial charge < -0.3 is 5.11 Å². The highest BCUT2D eigenvalue weighted by Gasteiger charge is 2.31. The van der Waals surface area contributed by atoms with Crippen LogP contribution < -0.4 is 5.11 Å². The molecule has 0 saturated carbocycles. The minimum absolute atomic E-state index is 0.245. The fourth-order valence-corrected chi connectivity index (χ4v) is 0.817. The topological polar surface area (TPSA) is 23.1 Å². The van der Waals surface area contributed by atoms with Crippen molar-refractivity contribution in [3.05, 3.63) is 35.9 Å². The number of halogens is 3. The third-order valence-corrected chi connectivity index (χ3v) is 1.40. The maximum absolute atomic E-state index is 11.8. The van der Waals surface area contributed by atoms with Crippen molar-refractivity contribution < 1.29 is 18.3 Å². The normalized spacial score (nSPS) is 14.3. The lowest BCUT2D eigenvalue weighted by Crippen LogP contribution is -2.31. The van der Waals surface area contributed by atoms with E-state index in [-0.39, 0.29) is 5.56 Å². The fraction of sp³-hybridized carbons (Fsp3) is 0.250. The van der Waals surface area contributed by atoms with Crippen molar-refractivity contribution in [3.63, 3.8) is 0 Å². The first-order chi connectivity index (χ1) is 5.52. The van der Waals surface area contributed by atoms with Gasteiger partial charge >= 0.3 is 6.18 Å². The Bertz CT molecular complexity index is 242. The predicted molar refractivity (Wildman–Crippen MR) is 35.2 cm³/mol. The summed E-state index contributed by atoms with van der Waals surface area (Å²) in [4.78, 5) is 0. The van der Waals surface area contributed by atoms with Crippen LogP contribution in [0.25, 0.3) is 0 Å². The number of alkyl halides is 3. The van der Waals surface area contributed by atoms with Crippen LogP contribution >= 0.6 is 0 Å². The molecule has 0 heterocycles. The van der Waals surface area contributed by atoms with E-state index in [9.17, 15) is 18.3 Å². The highest BCUT2D eigenvalue weighted by Crippen LogP contribution is 2.29. The monoisotopic (exact) mass is 175 g/mol. The van der Waals surface area contributed by atoms with Crippen molar-refractivity contribution in [2.24, 2.45) is 0 Å². The number of rotatable bonds is 1. The number of hydrogen-bond donors (Lipinski definition) is 0. The molecule has 66 valence electrons. The molecule has 0 radical (unpaired) electrons. The summed E-state index contributed by atoms with van der Waals surface area (Å²) < 4.78 is 35.5. The second-order valence-electron chi connectivity index (χ2n) is 2.33. The molecular weight excluding hydrogens is 169 g/mol. The maximum Gasteiger partial charge on any atom is 0.381 e. The predicted octanol–water partition coefficient (Wildman–Crippen LogP) is 1.65. The van der Waals surface area contributed by atoms with Crippen LogP contribution in [0.2, 0.25) is 0 Å². The summed E-state index contributed by atoms with van der Waals surface area (Å²) in [5, 5.41) is 10.6. The molecule has 1 aromatic rings. The SMILES string of the molecule is [O-]C(c1ccccc1)C(F)(F)F. The fourth-order valence-electron chi connectivity index (χ4n) is 0.817. The Balaban J connectivity index is 2.86. The van der Waals surface area contributed by atoms with Crippen LogP contribution in [0.15, 0.2) is 30.3 Å². The standard InChI is InChI=1S/C8H6F3O/c9-8(10,11)7(12)6-4-2-1-3-5-6/h1-5,7H/q-1. The first-order valence-corrected chi connectivity index (χ1v) is 3.29. The summed E-state index contributed by atoms with van der Waals surface area (Å²) in [5.74, 6) is 0. The third-order valence-electron chi connectivity index (χ3n) is 1.40. The number of hydrogen-bond acceptors (Lipinski definition) is 1. The van der Waals surface area contributed by atoms with Crippen LogP contribution in [0.3, 0.4) is 0 Å². The van der Waals surface area contributed by atoms with E-state index in [2.05, 4.69) is 0 Å². The second-order valence-corrected chi connectivity index (χ2v) is 2.33. The molecule has 0 aliphatic carbocycles. The van der Waals surface area contributed by atoms with Gasteiger partial charge in [-0.2, -0.15) is 13.2 Å². The first-order valence-electron chi connectivity index (χ1n) is 3.29. The van der Waals surface area contributed by atoms with Crippen LogP contribution in [0.1, 0.15) is 11.7 Å². The van der Waals surface area contributed by atoms with Gasteiger partial charge in [0.1, 0.15) is 0 Å². The zero-order chi connectivity index (χ0) is 9.19. The zero-order valence-corrected chi connectivity index (χ0v) is 6.01. The largest absolute Gasteiger partial charge is 0.842 e. The van der Waals surface area contributed by atoms with Crippen LogP contribution in [0.5, 0.6) is 0 Å². The molecule has 12 heavy (non-hydrogen) atoms. The van der Waals surface area contributed by atoms with Gasteiger partial charge in [-0.3, -0.25) is 0 Å². The molecule has 1 rings (SSSR count). The quantitative estimate of drug-likeness (QED) is 0.636. The van der Waals surface area contributed by atoms with Gasteiger partial charge in [0.05, 0.1) is 0 Å². The van der Waals surface area contributed by atoms with Gasteiger partial charge in [-0.15, -0.1) is 0 Å². The molecule has 0 N–H and O–H groups in total. The molecule has 1 unspecified atom stereocenters. The van der Waals surface area contributed by atoms with Crippen molar-refractivity contribution in [3.8, 4) is 0 Å². The molecule has 0 saturated heterocycles. The molecule has 0 amide bonds. The highest BCUT2D eigenvalue weighted by molar-refractivity contribution is 5.17. The Hall–Kier alpha value is -1.03. The van der Waals surface area contributed by atoms with Crippen LogP contribution in [-0.2, 0) is 0 Å². The maximum atomic E-state index is 11.8. The molecule has 4 heteroatoms. The van der Waals surface area contributed by atoms with Gasteiger partial charge in [-0.1, -0.05) is 35.9 Å². The van der Waals surface area contributed by atoms with Crippen LogP contribution in [-0.4, -0.2) is 6.18 Å². The van der Waals surface area contributed by atoms with Crippen molar-refractivity contribution in [1.82, 2.24) is 0 Å². The van der Waals surface area contributed by atoms with Gasteiger partial charge in [0.2, 0.25) is 0 Å². The Labute approximate surface area is 67.5 Å². The molecule has 1 aromatic carbocycles. The molecule has 0 bridgehead atoms. The van der Waals surface area contributed by atoms with E-state index >= 15 is 0 Å². The Morgan fingerprint density at radius 3 is 2.00 bits per heavy atom. The molecule has 0 aromatic heterocycles. The molecule has 0 spiro atoms. The van der Waals surface area contributed by atoms with E-state index in [1.807, 2.05) is 0 Å². The Kier molecular flexibility index (Phi) is 2.38. The van der Waals surface area contributed by atoms with E-state index in [0.29, 0.717) is 0 Å².